The van der Waals surface area contributed by atoms with E-state index in [1.54, 1.807) is 0 Å². The average molecular weight is 479 g/mol. The van der Waals surface area contributed by atoms with E-state index < -0.39 is 6.04 Å². The fourth-order valence-corrected chi connectivity index (χ4v) is 4.45. The van der Waals surface area contributed by atoms with Crippen molar-refractivity contribution in [1.82, 2.24) is 0 Å². The minimum absolute atomic E-state index is 0.119. The molecule has 0 spiro atoms. The van der Waals surface area contributed by atoms with Crippen LogP contribution < -0.4 is 19.7 Å². The molecule has 1 aliphatic rings. The van der Waals surface area contributed by atoms with E-state index in [4.69, 9.17) is 9.47 Å². The molecule has 5 rings (SSSR count). The number of carbonyl (C=O) groups is 1. The van der Waals surface area contributed by atoms with E-state index in [0.29, 0.717) is 24.0 Å². The summed E-state index contributed by atoms with van der Waals surface area (Å²) >= 11 is 0. The van der Waals surface area contributed by atoms with Gasteiger partial charge in [0.25, 0.3) is 5.91 Å². The standard InChI is InChI=1S/C31H30N2O3/c1-22(2)24-13-16-26(17-14-24)32-31(34)30(25-15-18-28-29(19-25)36-21-35-28)33(27-11-7-4-8-12-27)20-23-9-5-3-6-10-23/h3-19,22,30H,20-21H2,1-2H3,(H,32,34)/t30-/m0/s1. The van der Waals surface area contributed by atoms with Crippen LogP contribution in [0.1, 0.15) is 42.5 Å². The van der Waals surface area contributed by atoms with Crippen LogP contribution in [0.2, 0.25) is 0 Å². The van der Waals surface area contributed by atoms with Gasteiger partial charge in [-0.2, -0.15) is 0 Å². The van der Waals surface area contributed by atoms with Crippen LogP contribution in [-0.4, -0.2) is 12.7 Å². The molecule has 1 aliphatic heterocycles. The summed E-state index contributed by atoms with van der Waals surface area (Å²) in [5.41, 5.74) is 4.89. The second kappa shape index (κ2) is 10.6. The largest absolute Gasteiger partial charge is 0.454 e. The van der Waals surface area contributed by atoms with Gasteiger partial charge in [0.05, 0.1) is 0 Å². The fraction of sp³-hybridized carbons (Fsp3) is 0.194. The highest BCUT2D eigenvalue weighted by molar-refractivity contribution is 5.97. The summed E-state index contributed by atoms with van der Waals surface area (Å²) in [6.07, 6.45) is 0. The van der Waals surface area contributed by atoms with Gasteiger partial charge in [-0.05, 0) is 59.0 Å². The van der Waals surface area contributed by atoms with Crippen molar-refractivity contribution >= 4 is 17.3 Å². The highest BCUT2D eigenvalue weighted by Gasteiger charge is 2.30. The van der Waals surface area contributed by atoms with Crippen molar-refractivity contribution < 1.29 is 14.3 Å². The van der Waals surface area contributed by atoms with E-state index in [1.165, 1.54) is 5.56 Å². The number of ether oxygens (including phenoxy) is 2. The van der Waals surface area contributed by atoms with E-state index in [-0.39, 0.29) is 12.7 Å². The van der Waals surface area contributed by atoms with Gasteiger partial charge in [0.1, 0.15) is 6.04 Å². The number of hydrogen-bond donors (Lipinski definition) is 1. The first-order valence-corrected chi connectivity index (χ1v) is 12.2. The Bertz CT molecular complexity index is 1300. The van der Waals surface area contributed by atoms with Gasteiger partial charge in [-0.15, -0.1) is 0 Å². The van der Waals surface area contributed by atoms with Crippen LogP contribution in [0.4, 0.5) is 11.4 Å². The second-order valence-electron chi connectivity index (χ2n) is 9.23. The molecule has 0 unspecified atom stereocenters. The molecule has 5 nitrogen and oxygen atoms in total. The Morgan fingerprint density at radius 1 is 0.806 bits per heavy atom. The Hall–Kier alpha value is -4.25. The molecule has 0 aliphatic carbocycles. The van der Waals surface area contributed by atoms with Gasteiger partial charge in [-0.1, -0.05) is 80.6 Å². The summed E-state index contributed by atoms with van der Waals surface area (Å²) in [7, 11) is 0. The number of para-hydroxylation sites is 1. The number of hydrogen-bond acceptors (Lipinski definition) is 4. The van der Waals surface area contributed by atoms with Crippen LogP contribution in [0.3, 0.4) is 0 Å². The molecule has 0 fully saturated rings. The molecule has 36 heavy (non-hydrogen) atoms. The highest BCUT2D eigenvalue weighted by atomic mass is 16.7. The first kappa shape index (κ1) is 23.5. The van der Waals surface area contributed by atoms with E-state index >= 15 is 0 Å². The molecule has 4 aromatic rings. The van der Waals surface area contributed by atoms with Crippen LogP contribution in [-0.2, 0) is 11.3 Å². The summed E-state index contributed by atoms with van der Waals surface area (Å²) in [5.74, 6) is 1.65. The third-order valence-electron chi connectivity index (χ3n) is 6.40. The summed E-state index contributed by atoms with van der Waals surface area (Å²) < 4.78 is 11.2. The molecule has 0 aromatic heterocycles. The molecule has 4 aromatic carbocycles. The summed E-state index contributed by atoms with van der Waals surface area (Å²) in [5, 5.41) is 3.16. The molecule has 1 atom stereocenters. The van der Waals surface area contributed by atoms with Gasteiger partial charge in [-0.25, -0.2) is 0 Å². The Kier molecular flexibility index (Phi) is 6.89. The maximum Gasteiger partial charge on any atom is 0.251 e. The zero-order valence-electron chi connectivity index (χ0n) is 20.6. The summed E-state index contributed by atoms with van der Waals surface area (Å²) in [4.78, 5) is 16.1. The van der Waals surface area contributed by atoms with Gasteiger partial charge in [0.2, 0.25) is 6.79 Å². The predicted molar refractivity (Wildman–Crippen MR) is 144 cm³/mol. The Balaban J connectivity index is 1.55. The van der Waals surface area contributed by atoms with Gasteiger partial charge in [0, 0.05) is 17.9 Å². The molecule has 0 bridgehead atoms. The Morgan fingerprint density at radius 3 is 2.14 bits per heavy atom. The molecule has 0 saturated carbocycles. The summed E-state index contributed by atoms with van der Waals surface area (Å²) in [6.45, 7) is 5.06. The maximum atomic E-state index is 14.0. The van der Waals surface area contributed by atoms with E-state index in [1.807, 2.05) is 78.9 Å². The van der Waals surface area contributed by atoms with Gasteiger partial charge in [0.15, 0.2) is 11.5 Å². The highest BCUT2D eigenvalue weighted by Crippen LogP contribution is 2.38. The number of fused-ring (bicyclic) bond motifs is 1. The van der Waals surface area contributed by atoms with Crippen molar-refractivity contribution in [2.45, 2.75) is 32.4 Å². The zero-order valence-corrected chi connectivity index (χ0v) is 20.6. The van der Waals surface area contributed by atoms with Crippen LogP contribution in [0.25, 0.3) is 0 Å². The van der Waals surface area contributed by atoms with Gasteiger partial charge in [-0.3, -0.25) is 4.79 Å². The number of nitrogens with one attached hydrogen (secondary N) is 1. The number of carbonyl (C=O) groups excluding carboxylic acids is 1. The monoisotopic (exact) mass is 478 g/mol. The lowest BCUT2D eigenvalue weighted by molar-refractivity contribution is -0.117. The number of benzene rings is 4. The second-order valence-corrected chi connectivity index (χ2v) is 9.23. The minimum Gasteiger partial charge on any atom is -0.454 e. The molecular formula is C31H30N2O3. The Labute approximate surface area is 212 Å². The summed E-state index contributed by atoms with van der Waals surface area (Å²) in [6, 6.07) is 33.4. The molecule has 1 heterocycles. The number of anilines is 2. The van der Waals surface area contributed by atoms with Crippen molar-refractivity contribution in [3.8, 4) is 11.5 Å². The minimum atomic E-state index is -0.605. The molecule has 5 heteroatoms. The van der Waals surface area contributed by atoms with Crippen molar-refractivity contribution in [3.05, 3.63) is 120 Å². The van der Waals surface area contributed by atoms with Crippen LogP contribution >= 0.6 is 0 Å². The third-order valence-corrected chi connectivity index (χ3v) is 6.40. The molecule has 1 N–H and O–H groups in total. The van der Waals surface area contributed by atoms with Gasteiger partial charge < -0.3 is 19.7 Å². The topological polar surface area (TPSA) is 50.8 Å². The number of rotatable bonds is 8. The van der Waals surface area contributed by atoms with Gasteiger partial charge >= 0.3 is 0 Å². The van der Waals surface area contributed by atoms with Crippen molar-refractivity contribution in [2.24, 2.45) is 0 Å². The lowest BCUT2D eigenvalue weighted by Crippen LogP contribution is -2.37. The molecule has 1 amide bonds. The quantitative estimate of drug-likeness (QED) is 0.298. The number of nitrogens with zero attached hydrogens (tertiary/aromatic N) is 1. The number of amides is 1. The van der Waals surface area contributed by atoms with E-state index in [2.05, 4.69) is 48.3 Å². The average Bonchev–Trinajstić information content (AvgIpc) is 3.38. The van der Waals surface area contributed by atoms with E-state index in [0.717, 1.165) is 22.5 Å². The predicted octanol–water partition coefficient (Wildman–Crippen LogP) is 6.93. The first-order chi connectivity index (χ1) is 17.6. The van der Waals surface area contributed by atoms with Crippen molar-refractivity contribution in [3.63, 3.8) is 0 Å². The smallest absolute Gasteiger partial charge is 0.251 e. The van der Waals surface area contributed by atoms with Crippen molar-refractivity contribution in [1.29, 1.82) is 0 Å². The molecule has 0 radical (unpaired) electrons. The van der Waals surface area contributed by atoms with Crippen LogP contribution in [0, 0.1) is 0 Å². The maximum absolute atomic E-state index is 14.0. The molecule has 182 valence electrons. The normalized spacial score (nSPS) is 12.9. The van der Waals surface area contributed by atoms with E-state index in [9.17, 15) is 4.79 Å². The molecular weight excluding hydrogens is 448 g/mol. The van der Waals surface area contributed by atoms with Crippen LogP contribution in [0.15, 0.2) is 103 Å². The lowest BCUT2D eigenvalue weighted by Gasteiger charge is -2.33. The zero-order chi connectivity index (χ0) is 24.9. The van der Waals surface area contributed by atoms with Crippen molar-refractivity contribution in [2.75, 3.05) is 17.0 Å². The SMILES string of the molecule is CC(C)c1ccc(NC(=O)[C@H](c2ccc3c(c2)OCO3)N(Cc2ccccc2)c2ccccc2)cc1. The third kappa shape index (κ3) is 5.20. The molecule has 0 saturated heterocycles. The first-order valence-electron chi connectivity index (χ1n) is 12.2. The fourth-order valence-electron chi connectivity index (χ4n) is 4.45. The lowest BCUT2D eigenvalue weighted by atomic mass is 10.0. The van der Waals surface area contributed by atoms with Crippen LogP contribution in [0.5, 0.6) is 11.5 Å². The Morgan fingerprint density at radius 2 is 1.44 bits per heavy atom.